The molecule has 0 aliphatic heterocycles. The largest absolute Gasteiger partial charge is 0.497 e. The van der Waals surface area contributed by atoms with Crippen molar-refractivity contribution in [2.24, 2.45) is 0 Å². The summed E-state index contributed by atoms with van der Waals surface area (Å²) in [6.07, 6.45) is 0.199. The lowest BCUT2D eigenvalue weighted by atomic mass is 10.1. The van der Waals surface area contributed by atoms with Gasteiger partial charge in [0.25, 0.3) is 5.91 Å². The van der Waals surface area contributed by atoms with Crippen molar-refractivity contribution in [1.82, 2.24) is 25.6 Å². The predicted molar refractivity (Wildman–Crippen MR) is 136 cm³/mol. The van der Waals surface area contributed by atoms with E-state index in [2.05, 4.69) is 36.2 Å². The number of aromatic amines is 2. The number of nitrogens with one attached hydrogen (secondary N) is 4. The van der Waals surface area contributed by atoms with Crippen molar-refractivity contribution < 1.29 is 14.3 Å². The van der Waals surface area contributed by atoms with Gasteiger partial charge in [-0.3, -0.25) is 9.59 Å². The summed E-state index contributed by atoms with van der Waals surface area (Å²) in [6.45, 7) is 0. The number of anilines is 2. The lowest BCUT2D eigenvalue weighted by Crippen LogP contribution is -2.15. The Morgan fingerprint density at radius 1 is 1.00 bits per heavy atom. The Morgan fingerprint density at radius 2 is 1.83 bits per heavy atom. The number of amides is 2. The van der Waals surface area contributed by atoms with Crippen LogP contribution in [-0.2, 0) is 11.2 Å². The molecule has 0 saturated heterocycles. The fraction of sp³-hybridized carbons (Fsp3) is 0.0800. The highest BCUT2D eigenvalue weighted by Gasteiger charge is 2.17. The molecular weight excluding hydrogens is 482 g/mol. The van der Waals surface area contributed by atoms with Gasteiger partial charge in [-0.15, -0.1) is 5.10 Å². The first-order valence-electron chi connectivity index (χ1n) is 10.9. The third-order valence-electron chi connectivity index (χ3n) is 5.53. The molecule has 0 unspecified atom stereocenters. The predicted octanol–water partition coefficient (Wildman–Crippen LogP) is 4.44. The molecule has 0 aliphatic carbocycles. The molecule has 180 valence electrons. The van der Waals surface area contributed by atoms with Crippen LogP contribution in [0.2, 0.25) is 5.02 Å². The second-order valence-electron chi connectivity index (χ2n) is 7.92. The summed E-state index contributed by atoms with van der Waals surface area (Å²) in [6, 6.07) is 19.5. The monoisotopic (exact) mass is 501 g/mol. The lowest BCUT2D eigenvalue weighted by molar-refractivity contribution is -0.115. The number of rotatable bonds is 7. The third-order valence-corrected chi connectivity index (χ3v) is 5.76. The number of aromatic nitrogens is 5. The van der Waals surface area contributed by atoms with Crippen LogP contribution >= 0.6 is 11.6 Å². The number of hydrogen-bond acceptors (Lipinski definition) is 6. The van der Waals surface area contributed by atoms with Crippen LogP contribution in [0.25, 0.3) is 22.3 Å². The van der Waals surface area contributed by atoms with Gasteiger partial charge in [0, 0.05) is 16.0 Å². The van der Waals surface area contributed by atoms with Crippen molar-refractivity contribution in [1.29, 1.82) is 0 Å². The van der Waals surface area contributed by atoms with Gasteiger partial charge in [0.2, 0.25) is 5.91 Å². The number of ether oxygens (including phenoxy) is 1. The van der Waals surface area contributed by atoms with Gasteiger partial charge in [-0.05, 0) is 58.5 Å². The van der Waals surface area contributed by atoms with Crippen LogP contribution < -0.4 is 15.4 Å². The molecule has 11 heteroatoms. The first-order valence-corrected chi connectivity index (χ1v) is 11.3. The van der Waals surface area contributed by atoms with Gasteiger partial charge in [0.1, 0.15) is 11.4 Å². The van der Waals surface area contributed by atoms with E-state index < -0.39 is 0 Å². The molecule has 3 aromatic carbocycles. The maximum absolute atomic E-state index is 13.1. The zero-order chi connectivity index (χ0) is 25.1. The number of halogens is 1. The summed E-state index contributed by atoms with van der Waals surface area (Å²) in [4.78, 5) is 28.9. The second kappa shape index (κ2) is 9.88. The molecule has 2 amide bonds. The molecule has 36 heavy (non-hydrogen) atoms. The van der Waals surface area contributed by atoms with Crippen LogP contribution in [0.5, 0.6) is 5.75 Å². The Balaban J connectivity index is 1.35. The summed E-state index contributed by atoms with van der Waals surface area (Å²) in [7, 11) is 1.59. The fourth-order valence-corrected chi connectivity index (χ4v) is 3.96. The number of carbonyl (C=O) groups excluding carboxylic acids is 2. The molecule has 0 fully saturated rings. The van der Waals surface area contributed by atoms with Crippen LogP contribution in [0.4, 0.5) is 11.4 Å². The second-order valence-corrected chi connectivity index (χ2v) is 8.36. The molecule has 2 heterocycles. The van der Waals surface area contributed by atoms with E-state index in [1.54, 1.807) is 37.4 Å². The quantitative estimate of drug-likeness (QED) is 0.260. The van der Waals surface area contributed by atoms with Gasteiger partial charge < -0.3 is 20.4 Å². The highest BCUT2D eigenvalue weighted by atomic mass is 35.5. The molecular formula is C25H20ClN7O3. The maximum atomic E-state index is 13.1. The van der Waals surface area contributed by atoms with Gasteiger partial charge in [0.15, 0.2) is 5.82 Å². The van der Waals surface area contributed by atoms with E-state index >= 15 is 0 Å². The fourth-order valence-electron chi connectivity index (χ4n) is 3.79. The van der Waals surface area contributed by atoms with Crippen molar-refractivity contribution in [3.63, 3.8) is 0 Å². The summed E-state index contributed by atoms with van der Waals surface area (Å²) in [5.41, 5.74) is 3.41. The zero-order valence-electron chi connectivity index (χ0n) is 19.0. The minimum Gasteiger partial charge on any atom is -0.497 e. The van der Waals surface area contributed by atoms with Crippen molar-refractivity contribution in [2.45, 2.75) is 6.42 Å². The van der Waals surface area contributed by atoms with E-state index in [9.17, 15) is 9.59 Å². The van der Waals surface area contributed by atoms with Crippen molar-refractivity contribution >= 4 is 45.7 Å². The minimum atomic E-state index is -0.377. The summed E-state index contributed by atoms with van der Waals surface area (Å²) in [5, 5.41) is 20.8. The van der Waals surface area contributed by atoms with Gasteiger partial charge in [-0.2, -0.15) is 0 Å². The summed E-state index contributed by atoms with van der Waals surface area (Å²) in [5.74, 6) is 0.535. The molecule has 0 aliphatic rings. The number of fused-ring (bicyclic) bond motifs is 1. The van der Waals surface area contributed by atoms with E-state index in [0.717, 1.165) is 16.7 Å². The van der Waals surface area contributed by atoms with E-state index in [1.165, 1.54) is 0 Å². The molecule has 0 spiro atoms. The van der Waals surface area contributed by atoms with E-state index in [-0.39, 0.29) is 18.2 Å². The number of nitrogens with zero attached hydrogens (tertiary/aromatic N) is 3. The first-order chi connectivity index (χ1) is 17.5. The van der Waals surface area contributed by atoms with Crippen molar-refractivity contribution in [3.8, 4) is 17.1 Å². The molecule has 0 atom stereocenters. The standard InChI is InChI=1S/C25H20ClN7O3/c1-36-17-8-5-14(6-9-17)11-22(34)27-20-4-2-3-15-12-21(28-23(15)20)25(35)29-19-10-7-16(26)13-18(19)24-30-32-33-31-24/h2-10,12-13,28H,11H2,1H3,(H,27,34)(H,29,35)(H,30,31,32,33). The Bertz CT molecular complexity index is 1550. The first kappa shape index (κ1) is 23.1. The van der Waals surface area contributed by atoms with Crippen LogP contribution in [0, 0.1) is 0 Å². The lowest BCUT2D eigenvalue weighted by Gasteiger charge is -2.09. The van der Waals surface area contributed by atoms with E-state index in [1.807, 2.05) is 36.4 Å². The Kier molecular flexibility index (Phi) is 6.33. The number of tetrazole rings is 1. The zero-order valence-corrected chi connectivity index (χ0v) is 19.8. The summed E-state index contributed by atoms with van der Waals surface area (Å²) >= 11 is 6.12. The maximum Gasteiger partial charge on any atom is 0.272 e. The number of H-pyrrole nitrogens is 2. The molecule has 5 aromatic rings. The highest BCUT2D eigenvalue weighted by Crippen LogP contribution is 2.29. The molecule has 0 bridgehead atoms. The minimum absolute atomic E-state index is 0.181. The molecule has 10 nitrogen and oxygen atoms in total. The van der Waals surface area contributed by atoms with E-state index in [4.69, 9.17) is 16.3 Å². The van der Waals surface area contributed by atoms with E-state index in [0.29, 0.717) is 39.0 Å². The average Bonchev–Trinajstić information content (AvgIpc) is 3.56. The molecule has 0 radical (unpaired) electrons. The smallest absolute Gasteiger partial charge is 0.272 e. The number of para-hydroxylation sites is 1. The topological polar surface area (TPSA) is 138 Å². The number of carbonyl (C=O) groups is 2. The normalized spacial score (nSPS) is 10.8. The Morgan fingerprint density at radius 3 is 2.58 bits per heavy atom. The molecule has 4 N–H and O–H groups in total. The molecule has 5 rings (SSSR count). The number of methoxy groups -OCH3 is 1. The SMILES string of the molecule is COc1ccc(CC(=O)Nc2cccc3cc(C(=O)Nc4ccc(Cl)cc4-c4nnn[nH]4)[nH]c23)cc1. The van der Waals surface area contributed by atoms with Crippen LogP contribution in [0.15, 0.2) is 66.7 Å². The molecule has 2 aromatic heterocycles. The van der Waals surface area contributed by atoms with Gasteiger partial charge >= 0.3 is 0 Å². The highest BCUT2D eigenvalue weighted by molar-refractivity contribution is 6.31. The average molecular weight is 502 g/mol. The van der Waals surface area contributed by atoms with Gasteiger partial charge in [-0.1, -0.05) is 35.9 Å². The van der Waals surface area contributed by atoms with Crippen molar-refractivity contribution in [2.75, 3.05) is 17.7 Å². The van der Waals surface area contributed by atoms with Gasteiger partial charge in [0.05, 0.1) is 30.4 Å². The van der Waals surface area contributed by atoms with Crippen LogP contribution in [-0.4, -0.2) is 44.5 Å². The Labute approximate surface area is 210 Å². The van der Waals surface area contributed by atoms with Gasteiger partial charge in [-0.25, -0.2) is 5.10 Å². The summed E-state index contributed by atoms with van der Waals surface area (Å²) < 4.78 is 5.15. The number of benzene rings is 3. The van der Waals surface area contributed by atoms with Crippen molar-refractivity contribution in [3.05, 3.63) is 83.0 Å². The third kappa shape index (κ3) is 4.89. The van der Waals surface area contributed by atoms with Crippen LogP contribution in [0.3, 0.4) is 0 Å². The Hall–Kier alpha value is -4.70. The van der Waals surface area contributed by atoms with Crippen LogP contribution in [0.1, 0.15) is 16.1 Å². The number of hydrogen-bond donors (Lipinski definition) is 4. The molecule has 0 saturated carbocycles.